The van der Waals surface area contributed by atoms with Gasteiger partial charge in [-0.1, -0.05) is 12.1 Å². The number of piperazine rings is 1. The van der Waals surface area contributed by atoms with Gasteiger partial charge in [0, 0.05) is 62.1 Å². The Morgan fingerprint density at radius 2 is 1.83 bits per heavy atom. The fraction of sp³-hybridized carbons (Fsp3) is 0.286. The van der Waals surface area contributed by atoms with Gasteiger partial charge in [-0.15, -0.1) is 0 Å². The van der Waals surface area contributed by atoms with Crippen LogP contribution in [0.1, 0.15) is 22.0 Å². The normalized spacial score (nSPS) is 16.1. The van der Waals surface area contributed by atoms with Crippen molar-refractivity contribution in [3.8, 4) is 0 Å². The Hall–Kier alpha value is -3.39. The largest absolute Gasteiger partial charge is 0.480 e. The van der Waals surface area contributed by atoms with Crippen molar-refractivity contribution in [3.63, 3.8) is 0 Å². The Balaban J connectivity index is 1.62. The summed E-state index contributed by atoms with van der Waals surface area (Å²) in [7, 11) is 1.80. The molecule has 0 aliphatic carbocycles. The predicted molar refractivity (Wildman–Crippen MR) is 108 cm³/mol. The van der Waals surface area contributed by atoms with Crippen LogP contribution in [0, 0.1) is 0 Å². The number of nitrogens with zero attached hydrogens (tertiary/aromatic N) is 4. The summed E-state index contributed by atoms with van der Waals surface area (Å²) >= 11 is 0. The Morgan fingerprint density at radius 3 is 2.45 bits per heavy atom. The second kappa shape index (κ2) is 7.56. The molecule has 2 aromatic heterocycles. The van der Waals surface area contributed by atoms with Crippen molar-refractivity contribution in [1.29, 1.82) is 0 Å². The van der Waals surface area contributed by atoms with Crippen LogP contribution in [0.15, 0.2) is 48.8 Å². The molecule has 0 bridgehead atoms. The highest BCUT2D eigenvalue weighted by atomic mass is 16.4. The van der Waals surface area contributed by atoms with Crippen LogP contribution in [-0.2, 0) is 11.8 Å². The maximum absolute atomic E-state index is 12.2. The number of fused-ring (bicyclic) bond motifs is 1. The van der Waals surface area contributed by atoms with E-state index in [0.29, 0.717) is 37.3 Å². The van der Waals surface area contributed by atoms with Crippen molar-refractivity contribution < 1.29 is 19.8 Å². The lowest BCUT2D eigenvalue weighted by molar-refractivity contribution is -0.143. The highest BCUT2D eigenvalue weighted by molar-refractivity contribution is 5.96. The second-order valence-electron chi connectivity index (χ2n) is 7.18. The molecule has 4 rings (SSSR count). The third-order valence-corrected chi connectivity index (χ3v) is 5.45. The van der Waals surface area contributed by atoms with Crippen LogP contribution >= 0.6 is 0 Å². The van der Waals surface area contributed by atoms with E-state index in [9.17, 15) is 19.8 Å². The average Bonchev–Trinajstić information content (AvgIpc) is 3.05. The molecule has 3 aromatic rings. The molecule has 150 valence electrons. The topological polar surface area (TPSA) is 98.9 Å². The Kier molecular flexibility index (Phi) is 4.94. The monoisotopic (exact) mass is 394 g/mol. The van der Waals surface area contributed by atoms with Crippen molar-refractivity contribution in [1.82, 2.24) is 14.5 Å². The van der Waals surface area contributed by atoms with E-state index in [1.54, 1.807) is 36.1 Å². The highest BCUT2D eigenvalue weighted by Gasteiger charge is 2.32. The molecule has 0 amide bonds. The van der Waals surface area contributed by atoms with E-state index in [4.69, 9.17) is 0 Å². The zero-order chi connectivity index (χ0) is 20.5. The second-order valence-corrected chi connectivity index (χ2v) is 7.18. The molecular formula is C21H22N4O4. The summed E-state index contributed by atoms with van der Waals surface area (Å²) in [5, 5.41) is 20.0. The van der Waals surface area contributed by atoms with Gasteiger partial charge in [-0.3, -0.25) is 9.69 Å². The number of rotatable bonds is 5. The van der Waals surface area contributed by atoms with Crippen LogP contribution in [0.5, 0.6) is 0 Å². The minimum absolute atomic E-state index is 0.182. The number of aryl methyl sites for hydroxylation is 1. The zero-order valence-corrected chi connectivity index (χ0v) is 16.0. The molecule has 1 saturated heterocycles. The van der Waals surface area contributed by atoms with Crippen LogP contribution in [0.25, 0.3) is 10.9 Å². The maximum atomic E-state index is 12.2. The lowest BCUT2D eigenvalue weighted by atomic mass is 10.0. The Bertz CT molecular complexity index is 1060. The van der Waals surface area contributed by atoms with E-state index in [1.165, 1.54) is 6.07 Å². The molecule has 2 N–H and O–H groups in total. The lowest BCUT2D eigenvalue weighted by Crippen LogP contribution is -2.49. The van der Waals surface area contributed by atoms with E-state index < -0.39 is 18.0 Å². The third-order valence-electron chi connectivity index (χ3n) is 5.45. The minimum atomic E-state index is -1.00. The van der Waals surface area contributed by atoms with Gasteiger partial charge in [0.15, 0.2) is 0 Å². The first kappa shape index (κ1) is 18.9. The van der Waals surface area contributed by atoms with Gasteiger partial charge in [0.25, 0.3) is 0 Å². The van der Waals surface area contributed by atoms with Gasteiger partial charge in [-0.2, -0.15) is 0 Å². The van der Waals surface area contributed by atoms with Crippen molar-refractivity contribution >= 4 is 28.7 Å². The summed E-state index contributed by atoms with van der Waals surface area (Å²) in [5.41, 5.74) is 1.57. The molecule has 0 unspecified atom stereocenters. The molecule has 8 nitrogen and oxygen atoms in total. The number of carbonyl (C=O) groups is 2. The molecule has 1 fully saturated rings. The van der Waals surface area contributed by atoms with Gasteiger partial charge < -0.3 is 19.7 Å². The first-order chi connectivity index (χ1) is 14.0. The van der Waals surface area contributed by atoms with Crippen LogP contribution in [0.4, 0.5) is 5.82 Å². The summed E-state index contributed by atoms with van der Waals surface area (Å²) in [5.74, 6) is -1.02. The third kappa shape index (κ3) is 3.54. The van der Waals surface area contributed by atoms with Crippen molar-refractivity contribution in [3.05, 3.63) is 59.9 Å². The van der Waals surface area contributed by atoms with Crippen molar-refractivity contribution in [2.75, 3.05) is 31.1 Å². The minimum Gasteiger partial charge on any atom is -0.480 e. The number of aromatic carboxylic acids is 1. The molecule has 1 aliphatic rings. The first-order valence-corrected chi connectivity index (χ1v) is 9.41. The molecule has 0 radical (unpaired) electrons. The molecule has 29 heavy (non-hydrogen) atoms. The van der Waals surface area contributed by atoms with Gasteiger partial charge in [-0.05, 0) is 24.3 Å². The number of carboxylic acids is 2. The average molecular weight is 394 g/mol. The number of hydrogen-bond donors (Lipinski definition) is 2. The number of anilines is 1. The van der Waals surface area contributed by atoms with Crippen LogP contribution in [0.2, 0.25) is 0 Å². The van der Waals surface area contributed by atoms with Gasteiger partial charge in [0.1, 0.15) is 11.9 Å². The standard InChI is InChI=1S/C21H22N4O4/c1-23-13-16(15-6-5-14(20(26)27)12-17(15)23)19(21(28)29)25-10-8-24(9-11-25)18-4-2-3-7-22-18/h2-7,12-13,19H,8-11H2,1H3,(H,26,27)(H,28,29)/t19-/m0/s1. The number of hydrogen-bond acceptors (Lipinski definition) is 5. The van der Waals surface area contributed by atoms with Crippen LogP contribution in [0.3, 0.4) is 0 Å². The molecule has 8 heteroatoms. The van der Waals surface area contributed by atoms with Crippen molar-refractivity contribution in [2.45, 2.75) is 6.04 Å². The fourth-order valence-corrected chi connectivity index (χ4v) is 4.00. The van der Waals surface area contributed by atoms with E-state index in [0.717, 1.165) is 11.2 Å². The number of aromatic nitrogens is 2. The predicted octanol–water partition coefficient (Wildman–Crippen LogP) is 2.22. The Labute approximate surface area is 167 Å². The summed E-state index contributed by atoms with van der Waals surface area (Å²) < 4.78 is 1.79. The van der Waals surface area contributed by atoms with E-state index in [2.05, 4.69) is 9.88 Å². The molecule has 0 saturated carbocycles. The molecule has 1 aromatic carbocycles. The molecule has 0 spiro atoms. The van der Waals surface area contributed by atoms with Gasteiger partial charge in [-0.25, -0.2) is 9.78 Å². The van der Waals surface area contributed by atoms with Crippen molar-refractivity contribution in [2.24, 2.45) is 7.05 Å². The summed E-state index contributed by atoms with van der Waals surface area (Å²) in [6.07, 6.45) is 3.55. The van der Waals surface area contributed by atoms with Gasteiger partial charge in [0.2, 0.25) is 0 Å². The quantitative estimate of drug-likeness (QED) is 0.685. The first-order valence-electron chi connectivity index (χ1n) is 9.41. The molecule has 3 heterocycles. The van der Waals surface area contributed by atoms with Crippen LogP contribution in [-0.4, -0.2) is 62.8 Å². The van der Waals surface area contributed by atoms with Crippen LogP contribution < -0.4 is 4.90 Å². The summed E-state index contributed by atoms with van der Waals surface area (Å²) in [6.45, 7) is 2.57. The number of benzene rings is 1. The van der Waals surface area contributed by atoms with E-state index >= 15 is 0 Å². The smallest absolute Gasteiger partial charge is 0.335 e. The number of aliphatic carboxylic acids is 1. The van der Waals surface area contributed by atoms with Gasteiger partial charge in [0.05, 0.1) is 5.56 Å². The number of pyridine rings is 1. The molecule has 1 aliphatic heterocycles. The summed E-state index contributed by atoms with van der Waals surface area (Å²) in [6, 6.07) is 9.78. The Morgan fingerprint density at radius 1 is 1.07 bits per heavy atom. The maximum Gasteiger partial charge on any atom is 0.335 e. The molecular weight excluding hydrogens is 372 g/mol. The zero-order valence-electron chi connectivity index (χ0n) is 16.0. The van der Waals surface area contributed by atoms with E-state index in [1.807, 2.05) is 23.1 Å². The highest BCUT2D eigenvalue weighted by Crippen LogP contribution is 2.32. The van der Waals surface area contributed by atoms with E-state index in [-0.39, 0.29) is 5.56 Å². The lowest BCUT2D eigenvalue weighted by Gasteiger charge is -2.38. The number of carboxylic acid groups (broad SMARTS) is 2. The fourth-order valence-electron chi connectivity index (χ4n) is 4.00. The SMILES string of the molecule is Cn1cc([C@@H](C(=O)O)N2CCN(c3ccccn3)CC2)c2ccc(C(=O)O)cc21. The van der Waals surface area contributed by atoms with Gasteiger partial charge >= 0.3 is 11.9 Å². The molecule has 1 atom stereocenters. The summed E-state index contributed by atoms with van der Waals surface area (Å²) in [4.78, 5) is 32.0.